The Morgan fingerprint density at radius 1 is 0.213 bits per heavy atom. The largest absolute Gasteiger partial charge is 0.337 e. The smallest absolute Gasteiger partial charge is 0.148 e. The first-order valence-electron chi connectivity index (χ1n) is 27.6. The molecule has 0 bridgehead atoms. The van der Waals surface area contributed by atoms with E-state index in [2.05, 4.69) is 106 Å². The molecule has 89 heavy (non-hydrogen) atoms. The van der Waals surface area contributed by atoms with Crippen LogP contribution in [-0.2, 0) is 39.0 Å². The molecular weight excluding hydrogens is 1300 g/mol. The predicted octanol–water partition coefficient (Wildman–Crippen LogP) is 15.6. The molecular formula is C70H48N16Ru2S. The molecule has 2 aromatic carbocycles. The topological polar surface area (TPSA) is 212 Å². The minimum absolute atomic E-state index is 0. The maximum Gasteiger partial charge on any atom is 0.148 e. The summed E-state index contributed by atoms with van der Waals surface area (Å²) in [5.41, 5.74) is 14.5. The average Bonchev–Trinajstić information content (AvgIpc) is 1.77. The second kappa shape index (κ2) is 29.0. The number of H-pyrrole nitrogens is 2. The van der Waals surface area contributed by atoms with Gasteiger partial charge in [0.15, 0.2) is 0 Å². The minimum Gasteiger partial charge on any atom is -0.337 e. The Morgan fingerprint density at radius 2 is 0.438 bits per heavy atom. The molecule has 0 fully saturated rings. The summed E-state index contributed by atoms with van der Waals surface area (Å²) >= 11 is 1.64. The Kier molecular flexibility index (Phi) is 19.5. The van der Waals surface area contributed by atoms with Gasteiger partial charge in [-0.15, -0.1) is 11.3 Å². The monoisotopic (exact) mass is 1350 g/mol. The summed E-state index contributed by atoms with van der Waals surface area (Å²) in [7, 11) is 0. The van der Waals surface area contributed by atoms with Gasteiger partial charge in [0, 0.05) is 135 Å². The number of thiophene rings is 1. The number of imidazole rings is 2. The van der Waals surface area contributed by atoms with E-state index in [1.807, 2.05) is 170 Å². The van der Waals surface area contributed by atoms with Crippen molar-refractivity contribution >= 4 is 77.0 Å². The first-order chi connectivity index (χ1) is 43.2. The summed E-state index contributed by atoms with van der Waals surface area (Å²) < 4.78 is 0. The Bertz CT molecular complexity index is 4280. The fourth-order valence-corrected chi connectivity index (χ4v) is 10.5. The molecule has 2 N–H and O–H groups in total. The van der Waals surface area contributed by atoms with E-state index in [4.69, 9.17) is 9.97 Å². The number of fused-ring (bicyclic) bond motifs is 12. The van der Waals surface area contributed by atoms with Crippen molar-refractivity contribution < 1.29 is 39.0 Å². The number of hydrogen-bond donors (Lipinski definition) is 2. The normalized spacial score (nSPS) is 10.5. The molecule has 16 nitrogen and oxygen atoms in total. The average molecular weight is 1350 g/mol. The number of aromatic nitrogens is 16. The number of pyridine rings is 12. The number of nitrogens with zero attached hydrogens (tertiary/aromatic N) is 14. The zero-order valence-corrected chi connectivity index (χ0v) is 51.2. The summed E-state index contributed by atoms with van der Waals surface area (Å²) in [5, 5.41) is 3.98. The molecule has 0 aliphatic heterocycles. The maximum absolute atomic E-state index is 5.03. The molecule has 0 saturated carbocycles. The number of rotatable bonds is 6. The molecule has 19 heteroatoms. The molecule has 0 aliphatic carbocycles. The third-order valence-corrected chi connectivity index (χ3v) is 14.7. The van der Waals surface area contributed by atoms with Gasteiger partial charge in [-0.2, -0.15) is 0 Å². The zero-order chi connectivity index (χ0) is 58.4. The molecule has 430 valence electrons. The second-order valence-electron chi connectivity index (χ2n) is 19.1. The second-order valence-corrected chi connectivity index (χ2v) is 20.2. The maximum atomic E-state index is 5.03. The number of hydrogen-bond acceptors (Lipinski definition) is 15. The molecule has 0 spiro atoms. The van der Waals surface area contributed by atoms with Crippen LogP contribution in [0, 0.1) is 0 Å². The van der Waals surface area contributed by atoms with Crippen molar-refractivity contribution in [1.82, 2.24) is 79.7 Å². The molecule has 0 radical (unpaired) electrons. The zero-order valence-electron chi connectivity index (χ0n) is 46.9. The molecule has 0 unspecified atom stereocenters. The van der Waals surface area contributed by atoms with Gasteiger partial charge in [-0.3, -0.25) is 59.8 Å². The predicted molar refractivity (Wildman–Crippen MR) is 346 cm³/mol. The van der Waals surface area contributed by atoms with Crippen molar-refractivity contribution in [2.75, 3.05) is 0 Å². The number of aromatic amines is 2. The molecule has 0 aliphatic rings. The van der Waals surface area contributed by atoms with Gasteiger partial charge in [-0.1, -0.05) is 48.5 Å². The summed E-state index contributed by atoms with van der Waals surface area (Å²) in [6, 6.07) is 66.6. The molecule has 15 aromatic heterocycles. The van der Waals surface area contributed by atoms with Crippen LogP contribution in [0.15, 0.2) is 281 Å². The standard InChI is InChI=1S/C30H16N8S.4C10H8N2.2Ru/c1-5-15-21(31-11-1)22-16(6-2-12-32-22)26-25(15)35-29(36-26)19-9-10-20(39-19)30-37-27-17-7-3-13-33-23(17)24-18(28(27)38-30)8-4-14-34-24;4*1-3-7-11-9(5-1)10-6-2-4-8-12-10;;/h1-14H,(H,35,36)(H,37,38);4*1-8H;;. The van der Waals surface area contributed by atoms with Gasteiger partial charge in [0.25, 0.3) is 0 Å². The van der Waals surface area contributed by atoms with Crippen LogP contribution in [0.3, 0.4) is 0 Å². The summed E-state index contributed by atoms with van der Waals surface area (Å²) in [4.78, 5) is 71.2. The van der Waals surface area contributed by atoms with Crippen LogP contribution in [0.25, 0.3) is 133 Å². The summed E-state index contributed by atoms with van der Waals surface area (Å²) in [6.07, 6.45) is 21.3. The molecule has 17 rings (SSSR count). The van der Waals surface area contributed by atoms with Crippen LogP contribution < -0.4 is 0 Å². The van der Waals surface area contributed by atoms with Crippen LogP contribution in [0.2, 0.25) is 0 Å². The van der Waals surface area contributed by atoms with Crippen molar-refractivity contribution in [3.8, 4) is 67.0 Å². The van der Waals surface area contributed by atoms with Gasteiger partial charge in [-0.05, 0) is 158 Å². The minimum atomic E-state index is 0. The Labute approximate surface area is 539 Å². The molecule has 0 amide bonds. The van der Waals surface area contributed by atoms with E-state index in [0.29, 0.717) is 0 Å². The van der Waals surface area contributed by atoms with Gasteiger partial charge in [0.1, 0.15) is 11.6 Å². The van der Waals surface area contributed by atoms with Crippen LogP contribution in [-0.4, -0.2) is 79.7 Å². The van der Waals surface area contributed by atoms with E-state index in [9.17, 15) is 0 Å². The van der Waals surface area contributed by atoms with Gasteiger partial charge in [0.2, 0.25) is 0 Å². The Hall–Kier alpha value is -10.8. The first kappa shape index (κ1) is 59.9. The molecule has 0 atom stereocenters. The van der Waals surface area contributed by atoms with Crippen molar-refractivity contribution in [2.24, 2.45) is 0 Å². The van der Waals surface area contributed by atoms with Crippen molar-refractivity contribution in [2.45, 2.75) is 0 Å². The van der Waals surface area contributed by atoms with E-state index >= 15 is 0 Å². The van der Waals surface area contributed by atoms with E-state index < -0.39 is 0 Å². The van der Waals surface area contributed by atoms with Crippen molar-refractivity contribution in [3.05, 3.63) is 281 Å². The van der Waals surface area contributed by atoms with Crippen LogP contribution in [0.1, 0.15) is 0 Å². The third-order valence-electron chi connectivity index (χ3n) is 13.6. The molecule has 17 aromatic rings. The van der Waals surface area contributed by atoms with Crippen LogP contribution in [0.5, 0.6) is 0 Å². The molecule has 0 saturated heterocycles. The SMILES string of the molecule is [Ru].[Ru].c1ccc(-c2ccccn2)nc1.c1ccc(-c2ccccn2)nc1.c1ccc(-c2ccccn2)nc1.c1ccc(-c2ccccn2)nc1.c1cnc2c(c1)c1nc(-c3ccc(-c4nc5c6cccnc6c6ncccc6c5[nH]4)s3)[nH]c1c1cccnc12. The van der Waals surface area contributed by atoms with Gasteiger partial charge in [-0.25, -0.2) is 9.97 Å². The van der Waals surface area contributed by atoms with Crippen LogP contribution >= 0.6 is 11.3 Å². The quantitative estimate of drug-likeness (QED) is 0.117. The van der Waals surface area contributed by atoms with Crippen LogP contribution in [0.4, 0.5) is 0 Å². The van der Waals surface area contributed by atoms with Gasteiger partial charge >= 0.3 is 0 Å². The summed E-state index contributed by atoms with van der Waals surface area (Å²) in [5.74, 6) is 1.62. The van der Waals surface area contributed by atoms with Crippen molar-refractivity contribution in [1.29, 1.82) is 0 Å². The fraction of sp³-hybridized carbons (Fsp3) is 0. The number of nitrogens with one attached hydrogen (secondary N) is 2. The van der Waals surface area contributed by atoms with Gasteiger partial charge < -0.3 is 9.97 Å². The van der Waals surface area contributed by atoms with E-state index in [-0.39, 0.29) is 39.0 Å². The van der Waals surface area contributed by atoms with Gasteiger partial charge in [0.05, 0.1) is 99.4 Å². The first-order valence-corrected chi connectivity index (χ1v) is 28.4. The third kappa shape index (κ3) is 13.7. The fourth-order valence-electron chi connectivity index (χ4n) is 9.63. The Balaban J connectivity index is 0.000000133. The van der Waals surface area contributed by atoms with E-state index in [0.717, 1.165) is 133 Å². The number of benzene rings is 2. The molecule has 15 heterocycles. The van der Waals surface area contributed by atoms with E-state index in [1.165, 1.54) is 0 Å². The van der Waals surface area contributed by atoms with Crippen molar-refractivity contribution in [3.63, 3.8) is 0 Å². The Morgan fingerprint density at radius 3 is 0.674 bits per heavy atom. The summed E-state index contributed by atoms with van der Waals surface area (Å²) in [6.45, 7) is 0. The van der Waals surface area contributed by atoms with E-state index in [1.54, 1.807) is 85.7 Å².